The molecule has 0 heterocycles. The molecule has 2 amide bonds. The van der Waals surface area contributed by atoms with Gasteiger partial charge in [-0.05, 0) is 42.8 Å². The molecule has 2 rings (SSSR count). The highest BCUT2D eigenvalue weighted by Crippen LogP contribution is 2.13. The van der Waals surface area contributed by atoms with Gasteiger partial charge in [0.15, 0.2) is 0 Å². The van der Waals surface area contributed by atoms with Crippen LogP contribution in [0.4, 0.5) is 0 Å². The summed E-state index contributed by atoms with van der Waals surface area (Å²) in [6, 6.07) is 15.4. The van der Waals surface area contributed by atoms with Crippen molar-refractivity contribution in [3.05, 3.63) is 71.4 Å². The van der Waals surface area contributed by atoms with Gasteiger partial charge in [0, 0.05) is 5.56 Å². The summed E-state index contributed by atoms with van der Waals surface area (Å²) in [5, 5.41) is 13.5. The van der Waals surface area contributed by atoms with Crippen LogP contribution in [0, 0.1) is 0 Å². The second-order valence-electron chi connectivity index (χ2n) is 5.46. The minimum absolute atomic E-state index is 0.0543. The molecular formula is C20H20N2O5. The standard InChI is InChI=1S/C20H20N2O5/c1-2-27-16-10-8-15(9-11-16)19(25)22-17(20(26)21-13-18(23)24)12-14-6-4-3-5-7-14/h3-12H,2,13H2,1H3,(H,21,26)(H,22,25)(H,23,24)/b17-12+. The maximum atomic E-state index is 12.5. The third-order valence-corrected chi connectivity index (χ3v) is 3.43. The molecule has 0 spiro atoms. The summed E-state index contributed by atoms with van der Waals surface area (Å²) in [6.45, 7) is 1.82. The van der Waals surface area contributed by atoms with Crippen molar-refractivity contribution in [2.45, 2.75) is 6.92 Å². The van der Waals surface area contributed by atoms with Crippen LogP contribution < -0.4 is 15.4 Å². The van der Waals surface area contributed by atoms with Crippen LogP contribution >= 0.6 is 0 Å². The molecule has 27 heavy (non-hydrogen) atoms. The fourth-order valence-corrected chi connectivity index (χ4v) is 2.19. The van der Waals surface area contributed by atoms with Gasteiger partial charge in [0.05, 0.1) is 6.61 Å². The number of carboxylic acid groups (broad SMARTS) is 1. The molecule has 0 saturated carbocycles. The van der Waals surface area contributed by atoms with Crippen molar-refractivity contribution in [1.29, 1.82) is 0 Å². The summed E-state index contributed by atoms with van der Waals surface area (Å²) in [6.07, 6.45) is 1.48. The quantitative estimate of drug-likeness (QED) is 0.619. The van der Waals surface area contributed by atoms with Gasteiger partial charge in [0.25, 0.3) is 11.8 Å². The minimum Gasteiger partial charge on any atom is -0.494 e. The fourth-order valence-electron chi connectivity index (χ4n) is 2.19. The van der Waals surface area contributed by atoms with Crippen LogP contribution in [0.2, 0.25) is 0 Å². The lowest BCUT2D eigenvalue weighted by Gasteiger charge is -2.11. The molecule has 2 aromatic rings. The Morgan fingerprint density at radius 3 is 2.30 bits per heavy atom. The van der Waals surface area contributed by atoms with Gasteiger partial charge in [-0.25, -0.2) is 0 Å². The van der Waals surface area contributed by atoms with Crippen LogP contribution in [-0.4, -0.2) is 36.0 Å². The first-order chi connectivity index (χ1) is 13.0. The van der Waals surface area contributed by atoms with E-state index in [-0.39, 0.29) is 5.70 Å². The van der Waals surface area contributed by atoms with E-state index in [1.54, 1.807) is 48.5 Å². The third-order valence-electron chi connectivity index (χ3n) is 3.43. The van der Waals surface area contributed by atoms with Crippen molar-refractivity contribution in [1.82, 2.24) is 10.6 Å². The number of nitrogens with one attached hydrogen (secondary N) is 2. The molecule has 0 aliphatic rings. The molecule has 7 nitrogen and oxygen atoms in total. The molecule has 0 saturated heterocycles. The molecule has 0 aliphatic heterocycles. The van der Waals surface area contributed by atoms with Crippen molar-refractivity contribution >= 4 is 23.9 Å². The average Bonchev–Trinajstić information content (AvgIpc) is 2.67. The lowest BCUT2D eigenvalue weighted by molar-refractivity contribution is -0.137. The summed E-state index contributed by atoms with van der Waals surface area (Å²) in [7, 11) is 0. The number of amides is 2. The second-order valence-corrected chi connectivity index (χ2v) is 5.46. The zero-order chi connectivity index (χ0) is 19.6. The van der Waals surface area contributed by atoms with E-state index in [9.17, 15) is 14.4 Å². The second kappa shape index (κ2) is 9.76. The van der Waals surface area contributed by atoms with Crippen LogP contribution in [0.15, 0.2) is 60.3 Å². The monoisotopic (exact) mass is 368 g/mol. The Labute approximate surface area is 156 Å². The molecule has 0 bridgehead atoms. The Hall–Kier alpha value is -3.61. The highest BCUT2D eigenvalue weighted by molar-refractivity contribution is 6.05. The van der Waals surface area contributed by atoms with E-state index in [0.29, 0.717) is 23.5 Å². The van der Waals surface area contributed by atoms with Gasteiger partial charge < -0.3 is 20.5 Å². The predicted octanol–water partition coefficient (Wildman–Crippen LogP) is 2.06. The van der Waals surface area contributed by atoms with E-state index in [2.05, 4.69) is 10.6 Å². The molecule has 0 atom stereocenters. The minimum atomic E-state index is -1.18. The Kier molecular flexibility index (Phi) is 7.13. The first-order valence-corrected chi connectivity index (χ1v) is 8.30. The maximum absolute atomic E-state index is 12.5. The number of ether oxygens (including phenoxy) is 1. The van der Waals surface area contributed by atoms with Crippen LogP contribution in [0.5, 0.6) is 5.75 Å². The Morgan fingerprint density at radius 1 is 1.04 bits per heavy atom. The van der Waals surface area contributed by atoms with Crippen LogP contribution in [0.3, 0.4) is 0 Å². The molecular weight excluding hydrogens is 348 g/mol. The topological polar surface area (TPSA) is 105 Å². The van der Waals surface area contributed by atoms with Gasteiger partial charge >= 0.3 is 5.97 Å². The Balaban J connectivity index is 2.19. The van der Waals surface area contributed by atoms with Gasteiger partial charge in [-0.15, -0.1) is 0 Å². The van der Waals surface area contributed by atoms with Gasteiger partial charge in [-0.1, -0.05) is 30.3 Å². The summed E-state index contributed by atoms with van der Waals surface area (Å²) >= 11 is 0. The number of aliphatic carboxylic acids is 1. The SMILES string of the molecule is CCOc1ccc(C(=O)N/C(=C/c2ccccc2)C(=O)NCC(=O)O)cc1. The molecule has 0 aliphatic carbocycles. The normalized spacial score (nSPS) is 10.8. The molecule has 0 unspecified atom stereocenters. The first-order valence-electron chi connectivity index (χ1n) is 8.30. The van der Waals surface area contributed by atoms with Crippen molar-refractivity contribution in [3.8, 4) is 5.75 Å². The maximum Gasteiger partial charge on any atom is 0.322 e. The highest BCUT2D eigenvalue weighted by Gasteiger charge is 2.15. The van der Waals surface area contributed by atoms with Crippen molar-refractivity contribution < 1.29 is 24.2 Å². The molecule has 0 radical (unpaired) electrons. The van der Waals surface area contributed by atoms with Crippen LogP contribution in [0.1, 0.15) is 22.8 Å². The van der Waals surface area contributed by atoms with E-state index in [1.807, 2.05) is 13.0 Å². The number of carbonyl (C=O) groups excluding carboxylic acids is 2. The van der Waals surface area contributed by atoms with Crippen molar-refractivity contribution in [2.75, 3.05) is 13.2 Å². The molecule has 7 heteroatoms. The smallest absolute Gasteiger partial charge is 0.322 e. The largest absolute Gasteiger partial charge is 0.494 e. The predicted molar refractivity (Wildman–Crippen MR) is 100 cm³/mol. The number of hydrogen-bond donors (Lipinski definition) is 3. The Morgan fingerprint density at radius 2 is 1.70 bits per heavy atom. The van der Waals surface area contributed by atoms with Gasteiger partial charge in [-0.3, -0.25) is 14.4 Å². The zero-order valence-electron chi connectivity index (χ0n) is 14.8. The van der Waals surface area contributed by atoms with E-state index in [0.717, 1.165) is 0 Å². The van der Waals surface area contributed by atoms with Crippen LogP contribution in [-0.2, 0) is 9.59 Å². The fraction of sp³-hybridized carbons (Fsp3) is 0.150. The summed E-state index contributed by atoms with van der Waals surface area (Å²) in [5.41, 5.74) is 0.967. The molecule has 0 fully saturated rings. The number of hydrogen-bond acceptors (Lipinski definition) is 4. The lowest BCUT2D eigenvalue weighted by atomic mass is 10.1. The zero-order valence-corrected chi connectivity index (χ0v) is 14.8. The molecule has 140 valence electrons. The van der Waals surface area contributed by atoms with E-state index in [4.69, 9.17) is 9.84 Å². The van der Waals surface area contributed by atoms with Gasteiger partial charge in [0.1, 0.15) is 18.0 Å². The summed E-state index contributed by atoms with van der Waals surface area (Å²) in [5.74, 6) is -1.74. The van der Waals surface area contributed by atoms with E-state index >= 15 is 0 Å². The molecule has 0 aromatic heterocycles. The van der Waals surface area contributed by atoms with E-state index in [1.165, 1.54) is 6.08 Å². The van der Waals surface area contributed by atoms with Gasteiger partial charge in [0.2, 0.25) is 0 Å². The molecule has 2 aromatic carbocycles. The average molecular weight is 368 g/mol. The summed E-state index contributed by atoms with van der Waals surface area (Å²) < 4.78 is 5.33. The molecule has 3 N–H and O–H groups in total. The number of rotatable bonds is 8. The van der Waals surface area contributed by atoms with Crippen molar-refractivity contribution in [3.63, 3.8) is 0 Å². The number of carbonyl (C=O) groups is 3. The van der Waals surface area contributed by atoms with E-state index < -0.39 is 24.3 Å². The van der Waals surface area contributed by atoms with Crippen LogP contribution in [0.25, 0.3) is 6.08 Å². The summed E-state index contributed by atoms with van der Waals surface area (Å²) in [4.78, 5) is 35.4. The van der Waals surface area contributed by atoms with Gasteiger partial charge in [-0.2, -0.15) is 0 Å². The lowest BCUT2D eigenvalue weighted by Crippen LogP contribution is -2.37. The number of carboxylic acids is 1. The van der Waals surface area contributed by atoms with Crippen molar-refractivity contribution in [2.24, 2.45) is 0 Å². The highest BCUT2D eigenvalue weighted by atomic mass is 16.5. The first kappa shape index (κ1) is 19.7. The number of benzene rings is 2. The Bertz CT molecular complexity index is 829. The third kappa shape index (κ3) is 6.32.